The van der Waals surface area contributed by atoms with Crippen LogP contribution < -0.4 is 0 Å². The van der Waals surface area contributed by atoms with E-state index in [1.54, 1.807) is 0 Å². The minimum absolute atomic E-state index is 2.92. The van der Waals surface area contributed by atoms with Crippen molar-refractivity contribution in [2.75, 3.05) is 18.5 Å². The van der Waals surface area contributed by atoms with Gasteiger partial charge < -0.3 is 0 Å². The van der Waals surface area contributed by atoms with Crippen LogP contribution in [0.15, 0.2) is 0 Å². The van der Waals surface area contributed by atoms with Gasteiger partial charge in [0.05, 0.1) is 0 Å². The van der Waals surface area contributed by atoms with Gasteiger partial charge in [-0.2, -0.15) is 0 Å². The molecule has 0 radical (unpaired) electrons. The summed E-state index contributed by atoms with van der Waals surface area (Å²) < 4.78 is 107. The molecule has 2 nitrogen and oxygen atoms in total. The SMILES string of the molecule is OP(O)(CC(F)(F)F)(CC(F)(F)F)CC(F)(F)F. The van der Waals surface area contributed by atoms with E-state index in [4.69, 9.17) is 9.79 Å². The summed E-state index contributed by atoms with van der Waals surface area (Å²) in [6, 6.07) is 0. The van der Waals surface area contributed by atoms with Crippen LogP contribution in [0.3, 0.4) is 0 Å². The fraction of sp³-hybridized carbons (Fsp3) is 1.00. The van der Waals surface area contributed by atoms with Crippen LogP contribution >= 0.6 is 7.06 Å². The molecular weight excluding hydrogens is 306 g/mol. The second-order valence-electron chi connectivity index (χ2n) is 3.93. The zero-order chi connectivity index (χ0) is 15.1. The monoisotopic (exact) mass is 314 g/mol. The van der Waals surface area contributed by atoms with Gasteiger partial charge in [-0.05, 0) is 0 Å². The van der Waals surface area contributed by atoms with E-state index in [-0.39, 0.29) is 0 Å². The molecule has 0 spiro atoms. The molecule has 0 bridgehead atoms. The first-order valence-corrected chi connectivity index (χ1v) is 6.81. The average molecular weight is 314 g/mol. The molecule has 0 aliphatic heterocycles. The fourth-order valence-corrected chi connectivity index (χ4v) is 4.23. The molecule has 0 aliphatic rings. The molecular formula is C6H8F9O2P. The first-order chi connectivity index (χ1) is 7.40. The van der Waals surface area contributed by atoms with Gasteiger partial charge in [-0.15, -0.1) is 0 Å². The van der Waals surface area contributed by atoms with Crippen molar-refractivity contribution in [1.29, 1.82) is 0 Å². The van der Waals surface area contributed by atoms with Crippen molar-refractivity contribution in [3.8, 4) is 0 Å². The zero-order valence-corrected chi connectivity index (χ0v) is 9.26. The predicted octanol–water partition coefficient (Wildman–Crippen LogP) is 3.04. The third kappa shape index (κ3) is 7.93. The van der Waals surface area contributed by atoms with Gasteiger partial charge in [-0.25, -0.2) is 0 Å². The summed E-state index contributed by atoms with van der Waals surface area (Å²) in [5.41, 5.74) is 0. The average Bonchev–Trinajstić information content (AvgIpc) is 1.62. The van der Waals surface area contributed by atoms with Crippen molar-refractivity contribution in [2.45, 2.75) is 18.5 Å². The summed E-state index contributed by atoms with van der Waals surface area (Å²) in [6.07, 6.45) is -25.4. The number of rotatable bonds is 3. The molecule has 2 N–H and O–H groups in total. The van der Waals surface area contributed by atoms with Gasteiger partial charge in [0.15, 0.2) is 0 Å². The van der Waals surface area contributed by atoms with Crippen LogP contribution in [0.5, 0.6) is 0 Å². The van der Waals surface area contributed by atoms with E-state index in [2.05, 4.69) is 0 Å². The molecule has 0 rings (SSSR count). The van der Waals surface area contributed by atoms with Crippen LogP contribution in [0.1, 0.15) is 0 Å². The fourth-order valence-electron chi connectivity index (χ4n) is 1.41. The molecule has 0 atom stereocenters. The maximum atomic E-state index is 11.9. The second kappa shape index (κ2) is 4.38. The van der Waals surface area contributed by atoms with E-state index in [1.807, 2.05) is 0 Å². The Morgan fingerprint density at radius 3 is 0.833 bits per heavy atom. The molecule has 0 aromatic carbocycles. The van der Waals surface area contributed by atoms with Crippen LogP contribution in [0.2, 0.25) is 0 Å². The molecule has 0 heterocycles. The predicted molar refractivity (Wildman–Crippen MR) is 44.1 cm³/mol. The molecule has 0 aromatic heterocycles. The number of hydrogen-bond acceptors (Lipinski definition) is 2. The first-order valence-electron chi connectivity index (χ1n) is 4.11. The van der Waals surface area contributed by atoms with Crippen LogP contribution in [0.4, 0.5) is 39.5 Å². The van der Waals surface area contributed by atoms with E-state index in [0.717, 1.165) is 0 Å². The van der Waals surface area contributed by atoms with Crippen molar-refractivity contribution in [1.82, 2.24) is 0 Å². The van der Waals surface area contributed by atoms with E-state index in [1.165, 1.54) is 0 Å². The quantitative estimate of drug-likeness (QED) is 0.621. The summed E-state index contributed by atoms with van der Waals surface area (Å²) in [7, 11) is -7.01. The number of alkyl halides is 9. The van der Waals surface area contributed by atoms with Gasteiger partial charge in [0.25, 0.3) is 0 Å². The zero-order valence-electron chi connectivity index (χ0n) is 8.36. The minimum atomic E-state index is -7.01. The van der Waals surface area contributed by atoms with Gasteiger partial charge in [0.2, 0.25) is 0 Å². The van der Waals surface area contributed by atoms with Gasteiger partial charge in [0.1, 0.15) is 0 Å². The molecule has 0 unspecified atom stereocenters. The molecule has 0 amide bonds. The van der Waals surface area contributed by atoms with Gasteiger partial charge >= 0.3 is 93.4 Å². The van der Waals surface area contributed by atoms with Crippen LogP contribution in [0, 0.1) is 0 Å². The number of hydrogen-bond donors (Lipinski definition) is 2. The summed E-state index contributed by atoms with van der Waals surface area (Å²) in [6.45, 7) is 0. The Balaban J connectivity index is 5.38. The van der Waals surface area contributed by atoms with E-state index in [0.29, 0.717) is 0 Å². The normalized spacial score (nSPS) is 17.4. The standard InChI is InChI=1S/C6H8F9O2P/c7-4(8,9)1-18(16,17,2-5(10,11)12)3-6(13,14)15/h16-17H,1-3H2. The molecule has 0 fully saturated rings. The summed E-state index contributed by atoms with van der Waals surface area (Å²) >= 11 is 0. The Hall–Kier alpha value is -0.280. The van der Waals surface area contributed by atoms with Crippen LogP contribution in [-0.4, -0.2) is 46.8 Å². The molecule has 0 saturated carbocycles. The Morgan fingerprint density at radius 2 is 0.722 bits per heavy atom. The van der Waals surface area contributed by atoms with Crippen molar-refractivity contribution in [2.24, 2.45) is 0 Å². The molecule has 112 valence electrons. The molecule has 0 aliphatic carbocycles. The van der Waals surface area contributed by atoms with Gasteiger partial charge in [-0.3, -0.25) is 0 Å². The van der Waals surface area contributed by atoms with E-state index < -0.39 is 44.1 Å². The van der Waals surface area contributed by atoms with Gasteiger partial charge in [0, 0.05) is 0 Å². The molecule has 0 aromatic rings. The van der Waals surface area contributed by atoms with Crippen LogP contribution in [-0.2, 0) is 0 Å². The molecule has 0 saturated heterocycles. The molecule has 12 heteroatoms. The maximum absolute atomic E-state index is 11.9. The third-order valence-electron chi connectivity index (χ3n) is 1.63. The number of halogens is 9. The van der Waals surface area contributed by atoms with Crippen molar-refractivity contribution < 1.29 is 49.3 Å². The Labute approximate surface area is 94.5 Å². The molecule has 18 heavy (non-hydrogen) atoms. The van der Waals surface area contributed by atoms with E-state index >= 15 is 0 Å². The summed E-state index contributed by atoms with van der Waals surface area (Å²) in [5, 5.41) is 0. The topological polar surface area (TPSA) is 40.5 Å². The van der Waals surface area contributed by atoms with Crippen molar-refractivity contribution in [3.63, 3.8) is 0 Å². The summed E-state index contributed by atoms with van der Waals surface area (Å²) in [5.74, 6) is 0. The van der Waals surface area contributed by atoms with E-state index in [9.17, 15) is 39.5 Å². The van der Waals surface area contributed by atoms with Crippen molar-refractivity contribution >= 4 is 7.06 Å². The summed E-state index contributed by atoms with van der Waals surface area (Å²) in [4.78, 5) is 18.0. The first kappa shape index (κ1) is 17.7. The second-order valence-corrected chi connectivity index (χ2v) is 8.09. The Bertz CT molecular complexity index is 254. The van der Waals surface area contributed by atoms with Gasteiger partial charge in [-0.1, -0.05) is 0 Å². The van der Waals surface area contributed by atoms with Crippen molar-refractivity contribution in [3.05, 3.63) is 0 Å². The Morgan fingerprint density at radius 1 is 0.556 bits per heavy atom. The Kier molecular flexibility index (Phi) is 4.31. The third-order valence-corrected chi connectivity index (χ3v) is 4.90. The van der Waals surface area contributed by atoms with Crippen LogP contribution in [0.25, 0.3) is 0 Å².